The molecule has 0 aliphatic carbocycles. The van der Waals surface area contributed by atoms with Gasteiger partial charge < -0.3 is 9.26 Å². The Kier molecular flexibility index (Phi) is 5.67. The largest absolute Gasteiger partial charge is 0.497 e. The summed E-state index contributed by atoms with van der Waals surface area (Å²) in [5.74, 6) is 0.913. The van der Waals surface area contributed by atoms with Crippen LogP contribution >= 0.6 is 8.15 Å². The van der Waals surface area contributed by atoms with Gasteiger partial charge in [-0.1, -0.05) is 19.1 Å². The third-order valence-electron chi connectivity index (χ3n) is 2.18. The van der Waals surface area contributed by atoms with Gasteiger partial charge in [0.1, 0.15) is 5.75 Å². The lowest BCUT2D eigenvalue weighted by Gasteiger charge is -2.14. The Balaban J connectivity index is 2.55. The molecule has 1 aromatic rings. The molecule has 0 aromatic heterocycles. The molecule has 1 rings (SSSR count). The second-order valence-corrected chi connectivity index (χ2v) is 5.39. The highest BCUT2D eigenvalue weighted by atomic mass is 31.1. The van der Waals surface area contributed by atoms with Crippen LogP contribution in [-0.2, 0) is 10.7 Å². The number of ether oxygens (including phenoxy) is 1. The molecule has 0 heterocycles. The molecule has 0 fully saturated rings. The lowest BCUT2D eigenvalue weighted by atomic mass is 10.2. The topological polar surface area (TPSA) is 18.5 Å². The molecule has 84 valence electrons. The van der Waals surface area contributed by atoms with E-state index in [0.29, 0.717) is 0 Å². The van der Waals surface area contributed by atoms with Crippen LogP contribution in [0.4, 0.5) is 0 Å². The van der Waals surface area contributed by atoms with Crippen molar-refractivity contribution in [1.82, 2.24) is 0 Å². The summed E-state index contributed by atoms with van der Waals surface area (Å²) in [6.07, 6.45) is 2.17. The number of hydrogen-bond donors (Lipinski definition) is 0. The highest BCUT2D eigenvalue weighted by molar-refractivity contribution is 7.51. The molecule has 1 atom stereocenters. The minimum atomic E-state index is -0.290. The third kappa shape index (κ3) is 4.19. The summed E-state index contributed by atoms with van der Waals surface area (Å²) in [6, 6.07) is 8.24. The Morgan fingerprint density at radius 2 is 1.80 bits per heavy atom. The molecular weight excluding hydrogens is 207 g/mol. The molecule has 0 saturated heterocycles. The second kappa shape index (κ2) is 6.81. The van der Waals surface area contributed by atoms with Gasteiger partial charge in [-0.25, -0.2) is 0 Å². The molecule has 0 bridgehead atoms. The first-order chi connectivity index (χ1) is 7.30. The fourth-order valence-electron chi connectivity index (χ4n) is 1.37. The summed E-state index contributed by atoms with van der Waals surface area (Å²) >= 11 is 0. The van der Waals surface area contributed by atoms with Crippen LogP contribution in [0.25, 0.3) is 0 Å². The van der Waals surface area contributed by atoms with Gasteiger partial charge in [-0.3, -0.25) is 0 Å². The molecule has 2 nitrogen and oxygen atoms in total. The van der Waals surface area contributed by atoms with Crippen LogP contribution in [0.3, 0.4) is 0 Å². The number of rotatable bonds is 6. The Bertz CT molecular complexity index is 271. The van der Waals surface area contributed by atoms with Gasteiger partial charge in [-0.05, 0) is 30.8 Å². The number of hydrogen-bond acceptors (Lipinski definition) is 2. The molecule has 1 unspecified atom stereocenters. The van der Waals surface area contributed by atoms with Gasteiger partial charge in [0.15, 0.2) is 0 Å². The van der Waals surface area contributed by atoms with Crippen LogP contribution in [0.1, 0.15) is 19.4 Å². The van der Waals surface area contributed by atoms with Crippen molar-refractivity contribution in [2.24, 2.45) is 0 Å². The maximum atomic E-state index is 5.69. The average molecular weight is 226 g/mol. The zero-order valence-electron chi connectivity index (χ0n) is 9.69. The maximum Gasteiger partial charge on any atom is 0.118 e. The van der Waals surface area contributed by atoms with Crippen molar-refractivity contribution in [3.63, 3.8) is 0 Å². The van der Waals surface area contributed by atoms with Crippen LogP contribution < -0.4 is 4.74 Å². The quantitative estimate of drug-likeness (QED) is 0.689. The SMILES string of the molecule is CCOP(CC)Cc1ccc(OC)cc1. The lowest BCUT2D eigenvalue weighted by Crippen LogP contribution is -1.92. The summed E-state index contributed by atoms with van der Waals surface area (Å²) in [6.45, 7) is 5.06. The van der Waals surface area contributed by atoms with E-state index in [4.69, 9.17) is 9.26 Å². The molecule has 0 N–H and O–H groups in total. The van der Waals surface area contributed by atoms with Gasteiger partial charge in [0, 0.05) is 20.9 Å². The molecule has 0 aliphatic heterocycles. The normalized spacial score (nSPS) is 12.5. The van der Waals surface area contributed by atoms with E-state index < -0.39 is 0 Å². The number of benzene rings is 1. The summed E-state index contributed by atoms with van der Waals surface area (Å²) in [7, 11) is 1.40. The molecule has 3 heteroatoms. The number of methoxy groups -OCH3 is 1. The Hall–Kier alpha value is -0.590. The molecule has 15 heavy (non-hydrogen) atoms. The van der Waals surface area contributed by atoms with Crippen LogP contribution in [0, 0.1) is 0 Å². The minimum Gasteiger partial charge on any atom is -0.497 e. The zero-order chi connectivity index (χ0) is 11.1. The second-order valence-electron chi connectivity index (χ2n) is 3.22. The minimum absolute atomic E-state index is 0.290. The van der Waals surface area contributed by atoms with E-state index in [1.54, 1.807) is 7.11 Å². The smallest absolute Gasteiger partial charge is 0.118 e. The van der Waals surface area contributed by atoms with Crippen LogP contribution in [0.15, 0.2) is 24.3 Å². The van der Waals surface area contributed by atoms with Crippen molar-refractivity contribution in [3.8, 4) is 5.75 Å². The maximum absolute atomic E-state index is 5.69. The predicted octanol–water partition coefficient (Wildman–Crippen LogP) is 3.65. The van der Waals surface area contributed by atoms with E-state index in [1.807, 2.05) is 12.1 Å². The van der Waals surface area contributed by atoms with E-state index in [2.05, 4.69) is 26.0 Å². The monoisotopic (exact) mass is 226 g/mol. The van der Waals surface area contributed by atoms with E-state index in [0.717, 1.165) is 24.7 Å². The Morgan fingerprint density at radius 1 is 1.13 bits per heavy atom. The standard InChI is InChI=1S/C12H19O2P/c1-4-14-15(5-2)10-11-6-8-12(13-3)9-7-11/h6-9H,4-5,10H2,1-3H3. The van der Waals surface area contributed by atoms with Crippen molar-refractivity contribution < 1.29 is 9.26 Å². The van der Waals surface area contributed by atoms with Gasteiger partial charge in [0.25, 0.3) is 0 Å². The highest BCUT2D eigenvalue weighted by Gasteiger charge is 2.06. The van der Waals surface area contributed by atoms with E-state index in [1.165, 1.54) is 5.56 Å². The van der Waals surface area contributed by atoms with Crippen LogP contribution in [0.5, 0.6) is 5.75 Å². The zero-order valence-corrected chi connectivity index (χ0v) is 10.6. The van der Waals surface area contributed by atoms with Crippen molar-refractivity contribution in [3.05, 3.63) is 29.8 Å². The van der Waals surface area contributed by atoms with E-state index in [-0.39, 0.29) is 8.15 Å². The summed E-state index contributed by atoms with van der Waals surface area (Å²) < 4.78 is 10.8. The molecule has 0 amide bonds. The highest BCUT2D eigenvalue weighted by Crippen LogP contribution is 2.40. The fraction of sp³-hybridized carbons (Fsp3) is 0.500. The van der Waals surface area contributed by atoms with Crippen molar-refractivity contribution >= 4 is 8.15 Å². The van der Waals surface area contributed by atoms with Crippen molar-refractivity contribution in [1.29, 1.82) is 0 Å². The van der Waals surface area contributed by atoms with Crippen LogP contribution in [0.2, 0.25) is 0 Å². The Labute approximate surface area is 93.4 Å². The summed E-state index contributed by atoms with van der Waals surface area (Å²) in [5, 5.41) is 0. The molecule has 0 spiro atoms. The van der Waals surface area contributed by atoms with E-state index in [9.17, 15) is 0 Å². The van der Waals surface area contributed by atoms with Gasteiger partial charge in [-0.15, -0.1) is 0 Å². The first kappa shape index (κ1) is 12.5. The Morgan fingerprint density at radius 3 is 2.27 bits per heavy atom. The van der Waals surface area contributed by atoms with Gasteiger partial charge in [-0.2, -0.15) is 0 Å². The third-order valence-corrected chi connectivity index (χ3v) is 4.23. The van der Waals surface area contributed by atoms with E-state index >= 15 is 0 Å². The van der Waals surface area contributed by atoms with Crippen molar-refractivity contribution in [2.75, 3.05) is 19.9 Å². The van der Waals surface area contributed by atoms with Crippen LogP contribution in [-0.4, -0.2) is 19.9 Å². The average Bonchev–Trinajstić information content (AvgIpc) is 2.29. The molecule has 0 radical (unpaired) electrons. The molecule has 0 aliphatic rings. The lowest BCUT2D eigenvalue weighted by molar-refractivity contribution is 0.377. The van der Waals surface area contributed by atoms with Crippen molar-refractivity contribution in [2.45, 2.75) is 20.0 Å². The fourth-order valence-corrected chi connectivity index (χ4v) is 2.85. The van der Waals surface area contributed by atoms with Gasteiger partial charge in [0.05, 0.1) is 7.11 Å². The summed E-state index contributed by atoms with van der Waals surface area (Å²) in [5.41, 5.74) is 1.33. The summed E-state index contributed by atoms with van der Waals surface area (Å²) in [4.78, 5) is 0. The first-order valence-electron chi connectivity index (χ1n) is 5.31. The molecular formula is C12H19O2P. The van der Waals surface area contributed by atoms with Gasteiger partial charge >= 0.3 is 0 Å². The molecule has 1 aromatic carbocycles. The predicted molar refractivity (Wildman–Crippen MR) is 65.8 cm³/mol. The first-order valence-corrected chi connectivity index (χ1v) is 6.94. The van der Waals surface area contributed by atoms with Gasteiger partial charge in [0.2, 0.25) is 0 Å². The molecule has 0 saturated carbocycles.